The summed E-state index contributed by atoms with van der Waals surface area (Å²) in [4.78, 5) is 27.9. The first-order valence-electron chi connectivity index (χ1n) is 3.82. The first-order valence-corrected chi connectivity index (χ1v) is 4.20. The summed E-state index contributed by atoms with van der Waals surface area (Å²) in [6, 6.07) is 0. The van der Waals surface area contributed by atoms with Crippen LogP contribution < -0.4 is 16.2 Å². The van der Waals surface area contributed by atoms with Gasteiger partial charge in [0, 0.05) is 7.05 Å². The number of nitrogens with zero attached hydrogens (tertiary/aromatic N) is 1. The summed E-state index contributed by atoms with van der Waals surface area (Å²) in [5, 5.41) is 5.05. The Morgan fingerprint density at radius 3 is 3.00 bits per heavy atom. The molecule has 1 amide bonds. The highest BCUT2D eigenvalue weighted by Crippen LogP contribution is 1.98. The fourth-order valence-corrected chi connectivity index (χ4v) is 0.818. The largest absolute Gasteiger partial charge is 0.358 e. The standard InChI is InChI=1S/C7H9ClN4O2/c1-9-5(13)3-11-7-10-2-4(8)6(14)12-7/h2H,3H2,1H3,(H,9,13)(H2,10,11,12,14). The summed E-state index contributed by atoms with van der Waals surface area (Å²) in [7, 11) is 1.52. The Labute approximate surface area is 84.7 Å². The van der Waals surface area contributed by atoms with Crippen molar-refractivity contribution in [2.24, 2.45) is 0 Å². The van der Waals surface area contributed by atoms with Gasteiger partial charge in [0.2, 0.25) is 11.9 Å². The van der Waals surface area contributed by atoms with Crippen molar-refractivity contribution in [1.82, 2.24) is 15.3 Å². The smallest absolute Gasteiger partial charge is 0.271 e. The zero-order valence-corrected chi connectivity index (χ0v) is 8.18. The fourth-order valence-electron chi connectivity index (χ4n) is 0.722. The van der Waals surface area contributed by atoms with E-state index in [9.17, 15) is 9.59 Å². The van der Waals surface area contributed by atoms with E-state index < -0.39 is 5.56 Å². The number of anilines is 1. The van der Waals surface area contributed by atoms with Crippen LogP contribution in [0, 0.1) is 0 Å². The fraction of sp³-hybridized carbons (Fsp3) is 0.286. The number of rotatable bonds is 3. The Bertz CT molecular complexity index is 390. The summed E-state index contributed by atoms with van der Waals surface area (Å²) in [6.07, 6.45) is 1.21. The van der Waals surface area contributed by atoms with Gasteiger partial charge in [-0.15, -0.1) is 0 Å². The van der Waals surface area contributed by atoms with E-state index in [1.165, 1.54) is 13.2 Å². The minimum absolute atomic E-state index is 0.00972. The van der Waals surface area contributed by atoms with Crippen LogP contribution in [0.1, 0.15) is 0 Å². The van der Waals surface area contributed by atoms with Gasteiger partial charge in [0.25, 0.3) is 5.56 Å². The number of nitrogens with one attached hydrogen (secondary N) is 3. The second-order valence-corrected chi connectivity index (χ2v) is 2.84. The van der Waals surface area contributed by atoms with Gasteiger partial charge < -0.3 is 10.6 Å². The van der Waals surface area contributed by atoms with E-state index >= 15 is 0 Å². The number of hydrogen-bond donors (Lipinski definition) is 3. The number of amides is 1. The Balaban J connectivity index is 2.65. The van der Waals surface area contributed by atoms with Gasteiger partial charge in [-0.3, -0.25) is 14.6 Å². The molecule has 0 fully saturated rings. The number of H-pyrrole nitrogens is 1. The van der Waals surface area contributed by atoms with Gasteiger partial charge in [0.1, 0.15) is 5.02 Å². The zero-order valence-electron chi connectivity index (χ0n) is 7.43. The molecule has 1 aromatic rings. The monoisotopic (exact) mass is 216 g/mol. The zero-order chi connectivity index (χ0) is 10.6. The molecule has 6 nitrogen and oxygen atoms in total. The van der Waals surface area contributed by atoms with E-state index in [0.717, 1.165) is 0 Å². The van der Waals surface area contributed by atoms with Crippen LogP contribution in [-0.4, -0.2) is 29.5 Å². The van der Waals surface area contributed by atoms with E-state index in [1.54, 1.807) is 0 Å². The molecule has 76 valence electrons. The van der Waals surface area contributed by atoms with Crippen molar-refractivity contribution in [2.75, 3.05) is 18.9 Å². The Morgan fingerprint density at radius 1 is 1.71 bits per heavy atom. The van der Waals surface area contributed by atoms with Crippen molar-refractivity contribution in [3.8, 4) is 0 Å². The third-order valence-electron chi connectivity index (χ3n) is 1.45. The van der Waals surface area contributed by atoms with Crippen molar-refractivity contribution in [3.63, 3.8) is 0 Å². The quantitative estimate of drug-likeness (QED) is 0.641. The Morgan fingerprint density at radius 2 is 2.43 bits per heavy atom. The lowest BCUT2D eigenvalue weighted by Crippen LogP contribution is -2.27. The number of aromatic amines is 1. The van der Waals surface area contributed by atoms with Gasteiger partial charge in [0.05, 0.1) is 12.7 Å². The summed E-state index contributed by atoms with van der Waals surface area (Å²) in [6.45, 7) is 0.0427. The van der Waals surface area contributed by atoms with E-state index in [4.69, 9.17) is 11.6 Å². The molecule has 0 unspecified atom stereocenters. The van der Waals surface area contributed by atoms with Gasteiger partial charge in [-0.25, -0.2) is 4.98 Å². The topological polar surface area (TPSA) is 86.9 Å². The second-order valence-electron chi connectivity index (χ2n) is 2.44. The summed E-state index contributed by atoms with van der Waals surface area (Å²) >= 11 is 5.46. The highest BCUT2D eigenvalue weighted by Gasteiger charge is 2.01. The average Bonchev–Trinajstić information content (AvgIpc) is 2.19. The lowest BCUT2D eigenvalue weighted by Gasteiger charge is -2.03. The second kappa shape index (κ2) is 4.61. The molecule has 0 atom stereocenters. The molecule has 1 rings (SSSR count). The van der Waals surface area contributed by atoms with E-state index in [1.807, 2.05) is 0 Å². The number of carbonyl (C=O) groups is 1. The van der Waals surface area contributed by atoms with Gasteiger partial charge >= 0.3 is 0 Å². The minimum Gasteiger partial charge on any atom is -0.358 e. The molecule has 0 aromatic carbocycles. The number of halogens is 1. The third kappa shape index (κ3) is 2.74. The number of aromatic nitrogens is 2. The maximum absolute atomic E-state index is 11.0. The van der Waals surface area contributed by atoms with Crippen molar-refractivity contribution in [1.29, 1.82) is 0 Å². The number of likely N-dealkylation sites (N-methyl/N-ethyl adjacent to an activating group) is 1. The van der Waals surface area contributed by atoms with E-state index in [2.05, 4.69) is 20.6 Å². The Kier molecular flexibility index (Phi) is 3.47. The SMILES string of the molecule is CNC(=O)CNc1ncc(Cl)c(=O)[nH]1. The molecule has 3 N–H and O–H groups in total. The minimum atomic E-state index is -0.443. The Hall–Kier alpha value is -1.56. The molecule has 14 heavy (non-hydrogen) atoms. The maximum atomic E-state index is 11.0. The molecule has 0 spiro atoms. The van der Waals surface area contributed by atoms with Gasteiger partial charge in [-0.05, 0) is 0 Å². The van der Waals surface area contributed by atoms with Crippen LogP contribution >= 0.6 is 11.6 Å². The van der Waals surface area contributed by atoms with Crippen LogP contribution in [0.2, 0.25) is 5.02 Å². The predicted molar refractivity (Wildman–Crippen MR) is 52.4 cm³/mol. The predicted octanol–water partition coefficient (Wildman–Crippen LogP) is -0.419. The molecule has 1 aromatic heterocycles. The van der Waals surface area contributed by atoms with Gasteiger partial charge in [-0.1, -0.05) is 11.6 Å². The van der Waals surface area contributed by atoms with Crippen LogP contribution in [0.5, 0.6) is 0 Å². The van der Waals surface area contributed by atoms with E-state index in [0.29, 0.717) is 0 Å². The average molecular weight is 217 g/mol. The van der Waals surface area contributed by atoms with Gasteiger partial charge in [0.15, 0.2) is 0 Å². The van der Waals surface area contributed by atoms with Crippen molar-refractivity contribution < 1.29 is 4.79 Å². The number of carbonyl (C=O) groups excluding carboxylic acids is 1. The molecule has 0 aliphatic rings. The molecule has 1 heterocycles. The molecule has 0 saturated heterocycles. The lowest BCUT2D eigenvalue weighted by molar-refractivity contribution is -0.118. The molecule has 0 aliphatic heterocycles. The first-order chi connectivity index (χ1) is 6.63. The molecule has 0 radical (unpaired) electrons. The summed E-state index contributed by atoms with van der Waals surface area (Å²) in [5.74, 6) is 0.00518. The molecule has 0 saturated carbocycles. The van der Waals surface area contributed by atoms with Crippen molar-refractivity contribution >= 4 is 23.5 Å². The summed E-state index contributed by atoms with van der Waals surface area (Å²) in [5.41, 5.74) is -0.443. The van der Waals surface area contributed by atoms with Crippen LogP contribution in [-0.2, 0) is 4.79 Å². The normalized spacial score (nSPS) is 9.57. The van der Waals surface area contributed by atoms with Crippen LogP contribution in [0.4, 0.5) is 5.95 Å². The molecule has 0 aliphatic carbocycles. The van der Waals surface area contributed by atoms with E-state index in [-0.39, 0.29) is 23.4 Å². The summed E-state index contributed by atoms with van der Waals surface area (Å²) < 4.78 is 0. The number of hydrogen-bond acceptors (Lipinski definition) is 4. The van der Waals surface area contributed by atoms with Crippen LogP contribution in [0.3, 0.4) is 0 Å². The molecule has 0 bridgehead atoms. The van der Waals surface area contributed by atoms with Crippen molar-refractivity contribution in [2.45, 2.75) is 0 Å². The highest BCUT2D eigenvalue weighted by molar-refractivity contribution is 6.30. The molecule has 7 heteroatoms. The van der Waals surface area contributed by atoms with Gasteiger partial charge in [-0.2, -0.15) is 0 Å². The van der Waals surface area contributed by atoms with Crippen LogP contribution in [0.15, 0.2) is 11.0 Å². The maximum Gasteiger partial charge on any atom is 0.271 e. The third-order valence-corrected chi connectivity index (χ3v) is 1.72. The van der Waals surface area contributed by atoms with Crippen molar-refractivity contribution in [3.05, 3.63) is 21.6 Å². The first kappa shape index (κ1) is 10.5. The highest BCUT2D eigenvalue weighted by atomic mass is 35.5. The lowest BCUT2D eigenvalue weighted by atomic mass is 10.6. The molecular weight excluding hydrogens is 208 g/mol. The molecular formula is C7H9ClN4O2. The van der Waals surface area contributed by atoms with Crippen LogP contribution in [0.25, 0.3) is 0 Å².